The fourth-order valence-corrected chi connectivity index (χ4v) is 4.69. The van der Waals surface area contributed by atoms with Crippen LogP contribution in [0, 0.1) is 19.7 Å². The highest BCUT2D eigenvalue weighted by atomic mass is 19.1. The maximum atomic E-state index is 13.9. The smallest absolute Gasteiger partial charge is 0.225 e. The van der Waals surface area contributed by atoms with Crippen LogP contribution in [-0.2, 0) is 6.54 Å². The Morgan fingerprint density at radius 2 is 1.83 bits per heavy atom. The van der Waals surface area contributed by atoms with Crippen LogP contribution in [-0.4, -0.2) is 54.1 Å². The molecular weight excluding hydrogens is 455 g/mol. The normalized spacial score (nSPS) is 14.4. The average Bonchev–Trinajstić information content (AvgIpc) is 3.41. The molecular formula is C28H33FN6O. The molecule has 1 aliphatic heterocycles. The Labute approximate surface area is 211 Å². The molecule has 0 bridgehead atoms. The Kier molecular flexibility index (Phi) is 7.32. The molecule has 2 aromatic heterocycles. The molecule has 188 valence electrons. The summed E-state index contributed by atoms with van der Waals surface area (Å²) in [7, 11) is 0. The van der Waals surface area contributed by atoms with Crippen LogP contribution in [0.5, 0.6) is 0 Å². The number of rotatable bonds is 9. The number of halogens is 1. The van der Waals surface area contributed by atoms with Gasteiger partial charge in [-0.15, -0.1) is 0 Å². The molecule has 0 unspecified atom stereocenters. The molecule has 8 heteroatoms. The van der Waals surface area contributed by atoms with Crippen molar-refractivity contribution in [3.05, 3.63) is 77.5 Å². The van der Waals surface area contributed by atoms with Crippen molar-refractivity contribution in [2.45, 2.75) is 26.8 Å². The van der Waals surface area contributed by atoms with Gasteiger partial charge in [0.15, 0.2) is 0 Å². The molecule has 7 nitrogen and oxygen atoms in total. The highest BCUT2D eigenvalue weighted by Gasteiger charge is 2.18. The molecule has 0 radical (unpaired) electrons. The third-order valence-electron chi connectivity index (χ3n) is 6.89. The van der Waals surface area contributed by atoms with Gasteiger partial charge in [-0.1, -0.05) is 12.1 Å². The Morgan fingerprint density at radius 3 is 2.64 bits per heavy atom. The average molecular weight is 489 g/mol. The topological polar surface area (TPSA) is 69.5 Å². The lowest BCUT2D eigenvalue weighted by Gasteiger charge is -2.37. The van der Waals surface area contributed by atoms with Gasteiger partial charge in [0, 0.05) is 43.8 Å². The summed E-state index contributed by atoms with van der Waals surface area (Å²) >= 11 is 0. The van der Waals surface area contributed by atoms with E-state index in [2.05, 4.69) is 62.4 Å². The molecule has 0 spiro atoms. The molecule has 36 heavy (non-hydrogen) atoms. The summed E-state index contributed by atoms with van der Waals surface area (Å²) in [6.45, 7) is 10.9. The van der Waals surface area contributed by atoms with Crippen molar-refractivity contribution in [2.24, 2.45) is 0 Å². The summed E-state index contributed by atoms with van der Waals surface area (Å²) in [5.74, 6) is 1.59. The second-order valence-electron chi connectivity index (χ2n) is 9.32. The van der Waals surface area contributed by atoms with E-state index in [9.17, 15) is 4.39 Å². The van der Waals surface area contributed by atoms with Crippen LogP contribution >= 0.6 is 0 Å². The molecule has 2 aromatic carbocycles. The zero-order valence-corrected chi connectivity index (χ0v) is 20.9. The summed E-state index contributed by atoms with van der Waals surface area (Å²) < 4.78 is 19.3. The van der Waals surface area contributed by atoms with E-state index in [1.165, 1.54) is 28.9 Å². The SMILES string of the molecule is Cc1cccc(N2CCN(CCCNc3nc(NCc4ccco4)c4cc(F)ccc4n3)CC2)c1C. The first-order chi connectivity index (χ1) is 17.6. The molecule has 0 saturated carbocycles. The second kappa shape index (κ2) is 11.0. The molecule has 0 atom stereocenters. The monoisotopic (exact) mass is 488 g/mol. The van der Waals surface area contributed by atoms with Gasteiger partial charge in [0.1, 0.15) is 17.4 Å². The summed E-state index contributed by atoms with van der Waals surface area (Å²) in [5, 5.41) is 7.26. The Hall–Kier alpha value is -3.65. The molecule has 1 fully saturated rings. The van der Waals surface area contributed by atoms with Crippen molar-refractivity contribution in [1.82, 2.24) is 14.9 Å². The van der Waals surface area contributed by atoms with Gasteiger partial charge in [0.05, 0.1) is 18.3 Å². The van der Waals surface area contributed by atoms with Crippen LogP contribution in [0.3, 0.4) is 0 Å². The molecule has 2 N–H and O–H groups in total. The number of aryl methyl sites for hydroxylation is 1. The van der Waals surface area contributed by atoms with Gasteiger partial charge < -0.3 is 20.0 Å². The van der Waals surface area contributed by atoms with Crippen molar-refractivity contribution in [3.63, 3.8) is 0 Å². The van der Waals surface area contributed by atoms with E-state index in [-0.39, 0.29) is 5.82 Å². The van der Waals surface area contributed by atoms with E-state index in [0.717, 1.165) is 51.4 Å². The summed E-state index contributed by atoms with van der Waals surface area (Å²) in [5.41, 5.74) is 4.78. The minimum atomic E-state index is -0.314. The zero-order valence-electron chi connectivity index (χ0n) is 20.9. The number of aromatic nitrogens is 2. The lowest BCUT2D eigenvalue weighted by molar-refractivity contribution is 0.257. The van der Waals surface area contributed by atoms with Crippen LogP contribution < -0.4 is 15.5 Å². The summed E-state index contributed by atoms with van der Waals surface area (Å²) in [6, 6.07) is 14.9. The largest absolute Gasteiger partial charge is 0.467 e. The third-order valence-corrected chi connectivity index (χ3v) is 6.89. The lowest BCUT2D eigenvalue weighted by Crippen LogP contribution is -2.47. The first-order valence-corrected chi connectivity index (χ1v) is 12.6. The van der Waals surface area contributed by atoms with E-state index in [4.69, 9.17) is 4.42 Å². The predicted octanol–water partition coefficient (Wildman–Crippen LogP) is 5.22. The van der Waals surface area contributed by atoms with E-state index in [0.29, 0.717) is 29.2 Å². The fourth-order valence-electron chi connectivity index (χ4n) is 4.69. The molecule has 1 aliphatic rings. The Morgan fingerprint density at radius 1 is 0.972 bits per heavy atom. The van der Waals surface area contributed by atoms with Gasteiger partial charge >= 0.3 is 0 Å². The van der Waals surface area contributed by atoms with Gasteiger partial charge in [-0.05, 0) is 74.3 Å². The number of furan rings is 1. The van der Waals surface area contributed by atoms with E-state index >= 15 is 0 Å². The molecule has 5 rings (SSSR count). The number of piperazine rings is 1. The first kappa shape index (κ1) is 24.1. The summed E-state index contributed by atoms with van der Waals surface area (Å²) in [6.07, 6.45) is 2.62. The molecule has 0 amide bonds. The van der Waals surface area contributed by atoms with Crippen LogP contribution in [0.2, 0.25) is 0 Å². The first-order valence-electron chi connectivity index (χ1n) is 12.6. The van der Waals surface area contributed by atoms with Crippen molar-refractivity contribution in [2.75, 3.05) is 54.8 Å². The molecule has 3 heterocycles. The van der Waals surface area contributed by atoms with Gasteiger partial charge in [0.25, 0.3) is 0 Å². The standard InChI is InChI=1S/C28H33FN6O/c1-20-6-3-8-26(21(20)2)35-15-13-34(14-16-35)12-5-11-30-28-32-25-10-9-22(29)18-24(25)27(33-28)31-19-23-7-4-17-36-23/h3-4,6-10,17-18H,5,11-16,19H2,1-2H3,(H2,30,31,32,33). The number of hydrogen-bond donors (Lipinski definition) is 2. The van der Waals surface area contributed by atoms with Crippen LogP contribution in [0.4, 0.5) is 21.8 Å². The number of benzene rings is 2. The second-order valence-corrected chi connectivity index (χ2v) is 9.32. The lowest BCUT2D eigenvalue weighted by atomic mass is 10.1. The highest BCUT2D eigenvalue weighted by molar-refractivity contribution is 5.90. The Bertz CT molecular complexity index is 1300. The van der Waals surface area contributed by atoms with Crippen molar-refractivity contribution in [3.8, 4) is 0 Å². The zero-order chi connectivity index (χ0) is 24.9. The van der Waals surface area contributed by atoms with Crippen molar-refractivity contribution < 1.29 is 8.81 Å². The highest BCUT2D eigenvalue weighted by Crippen LogP contribution is 2.25. The maximum absolute atomic E-state index is 13.9. The van der Waals surface area contributed by atoms with Gasteiger partial charge in [-0.25, -0.2) is 9.37 Å². The Balaban J connectivity index is 1.14. The van der Waals surface area contributed by atoms with E-state index < -0.39 is 0 Å². The molecule has 4 aromatic rings. The van der Waals surface area contributed by atoms with Gasteiger partial charge in [-0.2, -0.15) is 4.98 Å². The number of hydrogen-bond acceptors (Lipinski definition) is 7. The van der Waals surface area contributed by atoms with Crippen molar-refractivity contribution >= 4 is 28.4 Å². The number of nitrogens with one attached hydrogen (secondary N) is 2. The van der Waals surface area contributed by atoms with E-state index in [1.54, 1.807) is 12.3 Å². The molecule has 0 aliphatic carbocycles. The molecule has 1 saturated heterocycles. The van der Waals surface area contributed by atoms with Gasteiger partial charge in [0.2, 0.25) is 5.95 Å². The van der Waals surface area contributed by atoms with Gasteiger partial charge in [-0.3, -0.25) is 4.90 Å². The van der Waals surface area contributed by atoms with Crippen LogP contribution in [0.15, 0.2) is 59.2 Å². The number of nitrogens with zero attached hydrogens (tertiary/aromatic N) is 4. The number of fused-ring (bicyclic) bond motifs is 1. The quantitative estimate of drug-likeness (QED) is 0.313. The number of anilines is 3. The van der Waals surface area contributed by atoms with E-state index in [1.807, 2.05) is 12.1 Å². The minimum Gasteiger partial charge on any atom is -0.467 e. The van der Waals surface area contributed by atoms with Crippen LogP contribution in [0.1, 0.15) is 23.3 Å². The third kappa shape index (κ3) is 5.60. The van der Waals surface area contributed by atoms with Crippen LogP contribution in [0.25, 0.3) is 10.9 Å². The minimum absolute atomic E-state index is 0.314. The summed E-state index contributed by atoms with van der Waals surface area (Å²) in [4.78, 5) is 14.2. The maximum Gasteiger partial charge on any atom is 0.225 e. The predicted molar refractivity (Wildman–Crippen MR) is 143 cm³/mol. The van der Waals surface area contributed by atoms with Crippen molar-refractivity contribution in [1.29, 1.82) is 0 Å². The fraction of sp³-hybridized carbons (Fsp3) is 0.357.